The number of benzene rings is 3. The highest BCUT2D eigenvalue weighted by molar-refractivity contribution is 7.21. The number of para-hydroxylation sites is 1. The third-order valence-electron chi connectivity index (χ3n) is 4.84. The fraction of sp³-hybridized carbons (Fsp3) is 0.0769. The number of anilines is 1. The fourth-order valence-corrected chi connectivity index (χ4v) is 4.56. The van der Waals surface area contributed by atoms with Gasteiger partial charge in [-0.2, -0.15) is 5.10 Å². The first-order chi connectivity index (χ1) is 17.5. The zero-order chi connectivity index (χ0) is 25.5. The van der Waals surface area contributed by atoms with Gasteiger partial charge in [-0.1, -0.05) is 41.9 Å². The summed E-state index contributed by atoms with van der Waals surface area (Å²) in [7, 11) is 0. The van der Waals surface area contributed by atoms with Crippen LogP contribution in [0.1, 0.15) is 22.2 Å². The van der Waals surface area contributed by atoms with Crippen LogP contribution in [0, 0.1) is 0 Å². The highest BCUT2D eigenvalue weighted by Gasteiger charge is 2.20. The molecule has 4 aromatic rings. The first kappa shape index (κ1) is 24.9. The minimum Gasteiger partial charge on any atom is -0.494 e. The Bertz CT molecular complexity index is 1450. The number of carbonyl (C=O) groups is 3. The Kier molecular flexibility index (Phi) is 7.94. The third kappa shape index (κ3) is 5.88. The molecular formula is C26H20ClN3O5S. The Labute approximate surface area is 215 Å². The maximum atomic E-state index is 12.8. The molecule has 0 bridgehead atoms. The molecule has 3 aromatic carbocycles. The zero-order valence-corrected chi connectivity index (χ0v) is 20.6. The van der Waals surface area contributed by atoms with Crippen molar-refractivity contribution in [3.05, 3.63) is 88.3 Å². The maximum absolute atomic E-state index is 12.8. The number of thiophene rings is 1. The molecule has 0 saturated heterocycles. The van der Waals surface area contributed by atoms with Gasteiger partial charge in [-0.3, -0.25) is 9.59 Å². The van der Waals surface area contributed by atoms with E-state index in [-0.39, 0.29) is 10.6 Å². The second-order valence-corrected chi connectivity index (χ2v) is 8.71. The number of amides is 2. The number of hydrogen-bond donors (Lipinski definition) is 2. The van der Waals surface area contributed by atoms with Crippen molar-refractivity contribution in [2.24, 2.45) is 5.10 Å². The highest BCUT2D eigenvalue weighted by atomic mass is 35.5. The van der Waals surface area contributed by atoms with E-state index >= 15 is 0 Å². The van der Waals surface area contributed by atoms with Gasteiger partial charge in [0.05, 0.1) is 17.8 Å². The summed E-state index contributed by atoms with van der Waals surface area (Å²) in [6.07, 6.45) is 1.28. The van der Waals surface area contributed by atoms with Crippen LogP contribution in [-0.4, -0.2) is 30.6 Å². The molecule has 0 aliphatic carbocycles. The van der Waals surface area contributed by atoms with E-state index in [1.54, 1.807) is 48.5 Å². The zero-order valence-electron chi connectivity index (χ0n) is 19.0. The van der Waals surface area contributed by atoms with Gasteiger partial charge in [0.2, 0.25) is 0 Å². The van der Waals surface area contributed by atoms with Gasteiger partial charge < -0.3 is 14.8 Å². The maximum Gasteiger partial charge on any atom is 0.355 e. The van der Waals surface area contributed by atoms with E-state index in [4.69, 9.17) is 21.1 Å². The van der Waals surface area contributed by atoms with Crippen molar-refractivity contribution in [2.45, 2.75) is 6.92 Å². The molecule has 1 heterocycles. The summed E-state index contributed by atoms with van der Waals surface area (Å²) >= 11 is 7.61. The first-order valence-electron chi connectivity index (χ1n) is 10.8. The Morgan fingerprint density at radius 3 is 2.44 bits per heavy atom. The number of fused-ring (bicyclic) bond motifs is 1. The summed E-state index contributed by atoms with van der Waals surface area (Å²) in [6, 6.07) is 20.6. The molecule has 0 saturated carbocycles. The van der Waals surface area contributed by atoms with Crippen LogP contribution in [0.15, 0.2) is 77.9 Å². The van der Waals surface area contributed by atoms with Crippen molar-refractivity contribution in [1.82, 2.24) is 5.43 Å². The Morgan fingerprint density at radius 1 is 0.972 bits per heavy atom. The SMILES string of the molecule is CCOc1ccc(NC(=O)C(=O)N/N=C\c2ccccc2OC(=O)c2sc3ccccc3c2Cl)cc1. The van der Waals surface area contributed by atoms with E-state index in [1.165, 1.54) is 17.6 Å². The molecule has 182 valence electrons. The first-order valence-corrected chi connectivity index (χ1v) is 12.0. The van der Waals surface area contributed by atoms with Crippen LogP contribution in [0.4, 0.5) is 5.69 Å². The molecule has 0 radical (unpaired) electrons. The second-order valence-electron chi connectivity index (χ2n) is 7.28. The van der Waals surface area contributed by atoms with E-state index < -0.39 is 17.8 Å². The van der Waals surface area contributed by atoms with Crippen LogP contribution in [0.2, 0.25) is 5.02 Å². The summed E-state index contributed by atoms with van der Waals surface area (Å²) < 4.78 is 11.8. The fourth-order valence-electron chi connectivity index (χ4n) is 3.17. The molecule has 2 N–H and O–H groups in total. The molecule has 0 unspecified atom stereocenters. The molecule has 36 heavy (non-hydrogen) atoms. The van der Waals surface area contributed by atoms with Gasteiger partial charge in [0, 0.05) is 21.3 Å². The molecule has 2 amide bonds. The van der Waals surface area contributed by atoms with E-state index in [9.17, 15) is 14.4 Å². The monoisotopic (exact) mass is 521 g/mol. The van der Waals surface area contributed by atoms with E-state index in [2.05, 4.69) is 15.8 Å². The van der Waals surface area contributed by atoms with Crippen LogP contribution >= 0.6 is 22.9 Å². The normalized spacial score (nSPS) is 10.8. The van der Waals surface area contributed by atoms with Gasteiger partial charge in [-0.15, -0.1) is 11.3 Å². The average molecular weight is 522 g/mol. The predicted molar refractivity (Wildman–Crippen MR) is 140 cm³/mol. The Hall–Kier alpha value is -4.21. The van der Waals surface area contributed by atoms with Crippen molar-refractivity contribution in [1.29, 1.82) is 0 Å². The van der Waals surface area contributed by atoms with Crippen molar-refractivity contribution in [3.8, 4) is 11.5 Å². The predicted octanol–water partition coefficient (Wildman–Crippen LogP) is 5.26. The van der Waals surface area contributed by atoms with E-state index in [0.29, 0.717) is 28.6 Å². The van der Waals surface area contributed by atoms with Crippen LogP contribution in [0.25, 0.3) is 10.1 Å². The molecule has 4 rings (SSSR count). The highest BCUT2D eigenvalue weighted by Crippen LogP contribution is 2.36. The quantitative estimate of drug-likeness (QED) is 0.113. The number of rotatable bonds is 7. The number of esters is 1. The summed E-state index contributed by atoms with van der Waals surface area (Å²) in [5.41, 5.74) is 3.00. The Morgan fingerprint density at radius 2 is 1.69 bits per heavy atom. The summed E-state index contributed by atoms with van der Waals surface area (Å²) in [4.78, 5) is 37.3. The van der Waals surface area contributed by atoms with E-state index in [1.807, 2.05) is 31.2 Å². The second kappa shape index (κ2) is 11.5. The van der Waals surface area contributed by atoms with Crippen molar-refractivity contribution in [2.75, 3.05) is 11.9 Å². The van der Waals surface area contributed by atoms with Gasteiger partial charge in [0.1, 0.15) is 16.4 Å². The molecular weight excluding hydrogens is 502 g/mol. The number of hydrazone groups is 1. The number of hydrogen-bond acceptors (Lipinski definition) is 7. The molecule has 0 spiro atoms. The van der Waals surface area contributed by atoms with Gasteiger partial charge in [-0.05, 0) is 49.4 Å². The van der Waals surface area contributed by atoms with Gasteiger partial charge in [0.15, 0.2) is 0 Å². The van der Waals surface area contributed by atoms with Crippen molar-refractivity contribution < 1.29 is 23.9 Å². The molecule has 10 heteroatoms. The number of nitrogens with zero attached hydrogens (tertiary/aromatic N) is 1. The van der Waals surface area contributed by atoms with Gasteiger partial charge in [-0.25, -0.2) is 10.2 Å². The molecule has 8 nitrogen and oxygen atoms in total. The lowest BCUT2D eigenvalue weighted by molar-refractivity contribution is -0.136. The lowest BCUT2D eigenvalue weighted by Gasteiger charge is -2.07. The summed E-state index contributed by atoms with van der Waals surface area (Å²) in [5, 5.41) is 7.39. The number of carbonyl (C=O) groups excluding carboxylic acids is 3. The van der Waals surface area contributed by atoms with Crippen LogP contribution < -0.4 is 20.2 Å². The molecule has 0 fully saturated rings. The topological polar surface area (TPSA) is 106 Å². The molecule has 1 aromatic heterocycles. The van der Waals surface area contributed by atoms with Crippen molar-refractivity contribution in [3.63, 3.8) is 0 Å². The minimum absolute atomic E-state index is 0.216. The Balaban J connectivity index is 1.38. The minimum atomic E-state index is -0.966. The van der Waals surface area contributed by atoms with Crippen molar-refractivity contribution >= 4 is 62.7 Å². The smallest absolute Gasteiger partial charge is 0.355 e. The van der Waals surface area contributed by atoms with Crippen LogP contribution in [0.3, 0.4) is 0 Å². The largest absolute Gasteiger partial charge is 0.494 e. The summed E-state index contributed by atoms with van der Waals surface area (Å²) in [6.45, 7) is 2.39. The number of nitrogens with one attached hydrogen (secondary N) is 2. The molecule has 0 aliphatic heterocycles. The third-order valence-corrected chi connectivity index (χ3v) is 6.50. The van der Waals surface area contributed by atoms with Crippen LogP contribution in [0.5, 0.6) is 11.5 Å². The molecule has 0 atom stereocenters. The lowest BCUT2D eigenvalue weighted by atomic mass is 10.2. The van der Waals surface area contributed by atoms with Gasteiger partial charge in [0.25, 0.3) is 0 Å². The summed E-state index contributed by atoms with van der Waals surface area (Å²) in [5.74, 6) is -1.60. The van der Waals surface area contributed by atoms with Gasteiger partial charge >= 0.3 is 17.8 Å². The number of ether oxygens (including phenoxy) is 2. The standard InChI is InChI=1S/C26H20ClN3O5S/c1-2-34-18-13-11-17(12-14-18)29-24(31)25(32)30-28-15-16-7-3-5-9-20(16)35-26(33)23-22(27)19-8-4-6-10-21(19)36-23/h3-15H,2H2,1H3,(H,29,31)(H,30,32)/b28-15-. The lowest BCUT2D eigenvalue weighted by Crippen LogP contribution is -2.32. The van der Waals surface area contributed by atoms with E-state index in [0.717, 1.165) is 10.1 Å². The van der Waals surface area contributed by atoms with Crippen LogP contribution in [-0.2, 0) is 9.59 Å². The molecule has 0 aliphatic rings. The average Bonchev–Trinajstić information content (AvgIpc) is 3.23. The number of halogens is 1.